The number of anilines is 1. The largest absolute Gasteiger partial charge is 0.500 e. The molecule has 1 aromatic heterocycles. The number of allylic oxidation sites excluding steroid dienone is 1. The van der Waals surface area contributed by atoms with Gasteiger partial charge in [0.1, 0.15) is 11.4 Å². The summed E-state index contributed by atoms with van der Waals surface area (Å²) in [7, 11) is 2.53. The molecule has 2 N–H and O–H groups in total. The van der Waals surface area contributed by atoms with Crippen molar-refractivity contribution in [3.8, 4) is 11.5 Å². The molecular weight excluding hydrogens is 384 g/mol. The summed E-state index contributed by atoms with van der Waals surface area (Å²) in [4.78, 5) is 48.0. The molecule has 152 valence electrons. The third-order valence-electron chi connectivity index (χ3n) is 4.52. The molecule has 0 saturated heterocycles. The zero-order chi connectivity index (χ0) is 21.5. The van der Waals surface area contributed by atoms with Crippen molar-refractivity contribution < 1.29 is 19.6 Å². The fourth-order valence-electron chi connectivity index (χ4n) is 3.11. The van der Waals surface area contributed by atoms with Crippen LogP contribution >= 0.6 is 0 Å². The number of phenolic OH excluding ortho intramolecular Hbond substituents is 1. The second-order valence-electron chi connectivity index (χ2n) is 6.38. The normalized spacial score (nSPS) is 14.0. The van der Waals surface area contributed by atoms with Gasteiger partial charge in [0, 0.05) is 19.7 Å². The molecule has 2 heterocycles. The number of phenols is 1. The van der Waals surface area contributed by atoms with Gasteiger partial charge in [-0.05, 0) is 24.1 Å². The van der Waals surface area contributed by atoms with E-state index in [4.69, 9.17) is 4.74 Å². The quantitative estimate of drug-likeness (QED) is 0.431. The number of rotatable bonds is 5. The van der Waals surface area contributed by atoms with E-state index < -0.39 is 33.4 Å². The number of nitrogens with zero attached hydrogens (tertiary/aromatic N) is 3. The number of Topliss-reactive ketones (excluding diaryl/α,β-unsaturated/α-hetero) is 1. The molecule has 1 aromatic carbocycles. The highest BCUT2D eigenvalue weighted by atomic mass is 16.6. The van der Waals surface area contributed by atoms with Crippen molar-refractivity contribution in [2.24, 2.45) is 7.05 Å². The summed E-state index contributed by atoms with van der Waals surface area (Å²) in [6.45, 7) is 2.14. The lowest BCUT2D eigenvalue weighted by atomic mass is 10.1. The van der Waals surface area contributed by atoms with E-state index in [1.165, 1.54) is 30.9 Å². The van der Waals surface area contributed by atoms with Gasteiger partial charge in [-0.1, -0.05) is 6.92 Å². The third-order valence-corrected chi connectivity index (χ3v) is 4.52. The summed E-state index contributed by atoms with van der Waals surface area (Å²) in [6.07, 6.45) is 1.89. The van der Waals surface area contributed by atoms with Gasteiger partial charge < -0.3 is 15.2 Å². The van der Waals surface area contributed by atoms with Crippen LogP contribution in [-0.2, 0) is 13.6 Å². The number of fused-ring (bicyclic) bond motifs is 1. The fourth-order valence-corrected chi connectivity index (χ4v) is 3.11. The van der Waals surface area contributed by atoms with Crippen molar-refractivity contribution in [2.75, 3.05) is 12.4 Å². The maximum absolute atomic E-state index is 12.8. The van der Waals surface area contributed by atoms with Crippen LogP contribution in [0, 0.1) is 10.1 Å². The first kappa shape index (κ1) is 19.9. The predicted octanol–water partition coefficient (Wildman–Crippen LogP) is 1.23. The number of nitro groups is 1. The highest BCUT2D eigenvalue weighted by Gasteiger charge is 2.32. The number of methoxy groups -OCH3 is 1. The predicted molar refractivity (Wildman–Crippen MR) is 103 cm³/mol. The van der Waals surface area contributed by atoms with E-state index in [0.717, 1.165) is 10.6 Å². The Morgan fingerprint density at radius 1 is 1.31 bits per heavy atom. The minimum atomic E-state index is -0.785. The van der Waals surface area contributed by atoms with E-state index >= 15 is 0 Å². The lowest BCUT2D eigenvalue weighted by Gasteiger charge is -2.11. The standard InChI is InChI=1S/C18H18N4O7/c1-4-5-21-16-13(17(25)20(2)18(21)26)14(23)10(19-16)6-9-7-11(22(27)28)15(24)12(8-9)29-3/h6-8,19,24H,4-5H2,1-3H3/b10-6-. The van der Waals surface area contributed by atoms with Crippen molar-refractivity contribution in [3.05, 3.63) is 59.9 Å². The van der Waals surface area contributed by atoms with Gasteiger partial charge in [0.25, 0.3) is 5.56 Å². The molecule has 3 rings (SSSR count). The van der Waals surface area contributed by atoms with Crippen molar-refractivity contribution in [3.63, 3.8) is 0 Å². The number of aromatic nitrogens is 2. The van der Waals surface area contributed by atoms with E-state index in [9.17, 15) is 29.6 Å². The second kappa shape index (κ2) is 7.26. The molecule has 11 heteroatoms. The van der Waals surface area contributed by atoms with Crippen LogP contribution in [0.3, 0.4) is 0 Å². The monoisotopic (exact) mass is 402 g/mol. The van der Waals surface area contributed by atoms with Crippen LogP contribution in [0.25, 0.3) is 6.08 Å². The maximum atomic E-state index is 12.8. The number of carbonyl (C=O) groups excluding carboxylic acids is 1. The zero-order valence-corrected chi connectivity index (χ0v) is 15.9. The maximum Gasteiger partial charge on any atom is 0.332 e. The SMILES string of the molecule is CCCn1c2c(c(=O)n(C)c1=O)C(=O)/C(=C/c1cc(OC)c(O)c([N+](=O)[O-])c1)N2. The van der Waals surface area contributed by atoms with Gasteiger partial charge in [-0.15, -0.1) is 0 Å². The smallest absolute Gasteiger partial charge is 0.332 e. The van der Waals surface area contributed by atoms with Gasteiger partial charge >= 0.3 is 11.4 Å². The average molecular weight is 402 g/mol. The molecule has 0 saturated carbocycles. The van der Waals surface area contributed by atoms with Crippen LogP contribution in [0.4, 0.5) is 11.5 Å². The molecule has 0 atom stereocenters. The first-order chi connectivity index (χ1) is 13.7. The second-order valence-corrected chi connectivity index (χ2v) is 6.38. The van der Waals surface area contributed by atoms with Crippen LogP contribution in [0.1, 0.15) is 29.3 Å². The van der Waals surface area contributed by atoms with E-state index in [-0.39, 0.29) is 28.4 Å². The van der Waals surface area contributed by atoms with E-state index in [1.54, 1.807) is 0 Å². The molecule has 0 radical (unpaired) electrons. The lowest BCUT2D eigenvalue weighted by molar-refractivity contribution is -0.386. The Hall–Kier alpha value is -3.89. The van der Waals surface area contributed by atoms with Crippen LogP contribution in [0.15, 0.2) is 27.4 Å². The van der Waals surface area contributed by atoms with Crippen molar-refractivity contribution >= 4 is 23.4 Å². The first-order valence-corrected chi connectivity index (χ1v) is 8.63. The summed E-state index contributed by atoms with van der Waals surface area (Å²) >= 11 is 0. The molecule has 0 fully saturated rings. The summed E-state index contributed by atoms with van der Waals surface area (Å²) in [5.41, 5.74) is -1.90. The Kier molecular flexibility index (Phi) is 4.97. The summed E-state index contributed by atoms with van der Waals surface area (Å²) in [5.74, 6) is -1.33. The topological polar surface area (TPSA) is 146 Å². The van der Waals surface area contributed by atoms with Gasteiger partial charge in [0.2, 0.25) is 11.5 Å². The molecule has 11 nitrogen and oxygen atoms in total. The molecule has 0 spiro atoms. The molecule has 2 aromatic rings. The Labute approximate surface area is 163 Å². The number of carbonyl (C=O) groups is 1. The number of ether oxygens (including phenoxy) is 1. The Balaban J connectivity index is 2.18. The van der Waals surface area contributed by atoms with Crippen LogP contribution in [0.2, 0.25) is 0 Å². The molecular formula is C18H18N4O7. The van der Waals surface area contributed by atoms with Gasteiger partial charge in [-0.2, -0.15) is 0 Å². The first-order valence-electron chi connectivity index (χ1n) is 8.63. The number of hydrogen-bond acceptors (Lipinski definition) is 8. The highest BCUT2D eigenvalue weighted by molar-refractivity contribution is 6.19. The fraction of sp³-hybridized carbons (Fsp3) is 0.278. The van der Waals surface area contributed by atoms with E-state index in [0.29, 0.717) is 13.0 Å². The number of nitrogens with one attached hydrogen (secondary N) is 1. The number of hydrogen-bond donors (Lipinski definition) is 2. The van der Waals surface area contributed by atoms with Crippen LogP contribution in [0.5, 0.6) is 11.5 Å². The van der Waals surface area contributed by atoms with E-state index in [2.05, 4.69) is 5.32 Å². The number of nitro benzene ring substituents is 1. The van der Waals surface area contributed by atoms with Crippen molar-refractivity contribution in [1.82, 2.24) is 9.13 Å². The summed E-state index contributed by atoms with van der Waals surface area (Å²) in [5, 5.41) is 23.8. The Morgan fingerprint density at radius 2 is 2.00 bits per heavy atom. The lowest BCUT2D eigenvalue weighted by Crippen LogP contribution is -2.40. The Morgan fingerprint density at radius 3 is 2.59 bits per heavy atom. The molecule has 29 heavy (non-hydrogen) atoms. The molecule has 1 aliphatic heterocycles. The average Bonchev–Trinajstić information content (AvgIpc) is 3.00. The zero-order valence-electron chi connectivity index (χ0n) is 15.9. The number of benzene rings is 1. The summed E-state index contributed by atoms with van der Waals surface area (Å²) in [6, 6.07) is 2.38. The molecule has 0 unspecified atom stereocenters. The minimum Gasteiger partial charge on any atom is -0.500 e. The minimum absolute atomic E-state index is 0.0328. The van der Waals surface area contributed by atoms with Gasteiger partial charge in [0.05, 0.1) is 17.7 Å². The van der Waals surface area contributed by atoms with Gasteiger partial charge in [-0.25, -0.2) is 4.79 Å². The van der Waals surface area contributed by atoms with Gasteiger partial charge in [0.15, 0.2) is 5.75 Å². The molecule has 0 aliphatic carbocycles. The Bertz CT molecular complexity index is 1190. The third kappa shape index (κ3) is 3.16. The molecule has 0 amide bonds. The van der Waals surface area contributed by atoms with Crippen LogP contribution in [-0.4, -0.2) is 32.1 Å². The number of aromatic hydroxyl groups is 1. The molecule has 0 bridgehead atoms. The van der Waals surface area contributed by atoms with Crippen molar-refractivity contribution in [2.45, 2.75) is 19.9 Å². The highest BCUT2D eigenvalue weighted by Crippen LogP contribution is 2.38. The summed E-state index contributed by atoms with van der Waals surface area (Å²) < 4.78 is 7.11. The number of ketones is 1. The van der Waals surface area contributed by atoms with Crippen LogP contribution < -0.4 is 21.3 Å². The van der Waals surface area contributed by atoms with Gasteiger partial charge in [-0.3, -0.25) is 28.8 Å². The molecule has 1 aliphatic rings. The van der Waals surface area contributed by atoms with E-state index in [1.807, 2.05) is 6.92 Å². The van der Waals surface area contributed by atoms with Crippen molar-refractivity contribution in [1.29, 1.82) is 0 Å².